The lowest BCUT2D eigenvalue weighted by Crippen LogP contribution is -2.05. The predicted molar refractivity (Wildman–Crippen MR) is 56.5 cm³/mol. The van der Waals surface area contributed by atoms with E-state index in [0.29, 0.717) is 5.56 Å². The molecule has 15 heavy (non-hydrogen) atoms. The molecule has 76 valence electrons. The Labute approximate surface area is 88.7 Å². The minimum Gasteiger partial charge on any atom is -0.319 e. The van der Waals surface area contributed by atoms with Gasteiger partial charge >= 0.3 is 0 Å². The first kappa shape index (κ1) is 11.2. The number of nitrogens with zero attached hydrogens (tertiary/aromatic N) is 1. The minimum atomic E-state index is -0.516. The average Bonchev–Trinajstić information content (AvgIpc) is 2.25. The lowest BCUT2D eigenvalue weighted by molar-refractivity contribution is 0.623. The van der Waals surface area contributed by atoms with Crippen molar-refractivity contribution in [2.45, 2.75) is 6.42 Å². The number of hydrogen-bond acceptors (Lipinski definition) is 2. The Bertz CT molecular complexity index is 435. The molecule has 1 aromatic rings. The Balaban J connectivity index is 2.75. The Hall–Kier alpha value is -1.84. The summed E-state index contributed by atoms with van der Waals surface area (Å²) >= 11 is 0. The van der Waals surface area contributed by atoms with Crippen LogP contribution in [0.4, 0.5) is 4.39 Å². The molecule has 0 aromatic heterocycles. The Morgan fingerprint density at radius 3 is 2.87 bits per heavy atom. The van der Waals surface area contributed by atoms with Crippen molar-refractivity contribution in [1.29, 1.82) is 5.26 Å². The Morgan fingerprint density at radius 2 is 2.27 bits per heavy atom. The van der Waals surface area contributed by atoms with Gasteiger partial charge in [0.15, 0.2) is 0 Å². The molecule has 0 saturated carbocycles. The van der Waals surface area contributed by atoms with Crippen LogP contribution in [0.3, 0.4) is 0 Å². The third kappa shape index (κ3) is 3.42. The van der Waals surface area contributed by atoms with Crippen LogP contribution in [0.15, 0.2) is 18.2 Å². The van der Waals surface area contributed by atoms with E-state index in [1.165, 1.54) is 12.1 Å². The van der Waals surface area contributed by atoms with E-state index in [4.69, 9.17) is 5.26 Å². The summed E-state index contributed by atoms with van der Waals surface area (Å²) in [5.74, 6) is 5.22. The first-order valence-electron chi connectivity index (χ1n) is 4.61. The quantitative estimate of drug-likeness (QED) is 0.584. The molecule has 3 heteroatoms. The zero-order chi connectivity index (χ0) is 11.1. The van der Waals surface area contributed by atoms with Crippen molar-refractivity contribution in [3.8, 4) is 17.9 Å². The van der Waals surface area contributed by atoms with Gasteiger partial charge in [0, 0.05) is 18.5 Å². The zero-order valence-electron chi connectivity index (χ0n) is 8.47. The third-order valence-electron chi connectivity index (χ3n) is 1.82. The highest BCUT2D eigenvalue weighted by molar-refractivity contribution is 5.40. The molecular weight excluding hydrogens is 191 g/mol. The van der Waals surface area contributed by atoms with Crippen molar-refractivity contribution in [1.82, 2.24) is 5.32 Å². The fourth-order valence-electron chi connectivity index (χ4n) is 1.04. The van der Waals surface area contributed by atoms with E-state index in [9.17, 15) is 4.39 Å². The van der Waals surface area contributed by atoms with E-state index >= 15 is 0 Å². The van der Waals surface area contributed by atoms with Gasteiger partial charge in [-0.1, -0.05) is 11.8 Å². The van der Waals surface area contributed by atoms with Gasteiger partial charge in [0.25, 0.3) is 0 Å². The molecule has 0 atom stereocenters. The van der Waals surface area contributed by atoms with Crippen LogP contribution in [0.25, 0.3) is 0 Å². The normalized spacial score (nSPS) is 8.87. The molecule has 0 amide bonds. The van der Waals surface area contributed by atoms with Crippen LogP contribution in [0, 0.1) is 29.0 Å². The van der Waals surface area contributed by atoms with Crippen molar-refractivity contribution < 1.29 is 4.39 Å². The SMILES string of the molecule is CNCCC#Cc1ccc(C#N)c(F)c1. The van der Waals surface area contributed by atoms with Crippen LogP contribution in [0.5, 0.6) is 0 Å². The van der Waals surface area contributed by atoms with Crippen LogP contribution < -0.4 is 5.32 Å². The maximum absolute atomic E-state index is 13.1. The molecule has 0 heterocycles. The summed E-state index contributed by atoms with van der Waals surface area (Å²) in [4.78, 5) is 0. The first-order chi connectivity index (χ1) is 7.27. The first-order valence-corrected chi connectivity index (χ1v) is 4.61. The van der Waals surface area contributed by atoms with Gasteiger partial charge in [0.05, 0.1) is 5.56 Å². The van der Waals surface area contributed by atoms with E-state index in [2.05, 4.69) is 17.2 Å². The van der Waals surface area contributed by atoms with E-state index in [-0.39, 0.29) is 5.56 Å². The lowest BCUT2D eigenvalue weighted by Gasteiger charge is -1.93. The summed E-state index contributed by atoms with van der Waals surface area (Å²) in [6.07, 6.45) is 0.720. The number of benzene rings is 1. The second-order valence-corrected chi connectivity index (χ2v) is 2.96. The van der Waals surface area contributed by atoms with Crippen LogP contribution in [-0.2, 0) is 0 Å². The van der Waals surface area contributed by atoms with Crippen molar-refractivity contribution in [2.24, 2.45) is 0 Å². The van der Waals surface area contributed by atoms with E-state index in [0.717, 1.165) is 13.0 Å². The molecule has 0 bridgehead atoms. The number of halogens is 1. The fraction of sp³-hybridized carbons (Fsp3) is 0.250. The molecule has 1 N–H and O–H groups in total. The van der Waals surface area contributed by atoms with Crippen LogP contribution in [-0.4, -0.2) is 13.6 Å². The molecule has 1 aromatic carbocycles. The minimum absolute atomic E-state index is 0.0516. The molecule has 0 unspecified atom stereocenters. The van der Waals surface area contributed by atoms with Gasteiger partial charge in [-0.25, -0.2) is 4.39 Å². The van der Waals surface area contributed by atoms with Gasteiger partial charge in [-0.05, 0) is 25.2 Å². The maximum Gasteiger partial charge on any atom is 0.142 e. The molecule has 0 aliphatic heterocycles. The number of rotatable bonds is 2. The average molecular weight is 202 g/mol. The standard InChI is InChI=1S/C12H11FN2/c1-15-7-3-2-4-10-5-6-11(9-14)12(13)8-10/h5-6,8,15H,3,7H2,1H3. The number of nitrogens with one attached hydrogen (secondary N) is 1. The topological polar surface area (TPSA) is 35.8 Å². The van der Waals surface area contributed by atoms with Gasteiger partial charge < -0.3 is 5.32 Å². The molecule has 0 fully saturated rings. The summed E-state index contributed by atoms with van der Waals surface area (Å²) in [5.41, 5.74) is 0.651. The monoisotopic (exact) mass is 202 g/mol. The third-order valence-corrected chi connectivity index (χ3v) is 1.82. The van der Waals surface area contributed by atoms with Gasteiger partial charge in [-0.3, -0.25) is 0 Å². The Morgan fingerprint density at radius 1 is 1.47 bits per heavy atom. The maximum atomic E-state index is 13.1. The van der Waals surface area contributed by atoms with Crippen LogP contribution in [0.2, 0.25) is 0 Å². The number of hydrogen-bond donors (Lipinski definition) is 1. The van der Waals surface area contributed by atoms with Gasteiger partial charge in [0.2, 0.25) is 0 Å². The van der Waals surface area contributed by atoms with Gasteiger partial charge in [-0.2, -0.15) is 5.26 Å². The lowest BCUT2D eigenvalue weighted by atomic mass is 10.1. The van der Waals surface area contributed by atoms with Gasteiger partial charge in [-0.15, -0.1) is 0 Å². The second kappa shape index (κ2) is 5.80. The fourth-order valence-corrected chi connectivity index (χ4v) is 1.04. The summed E-state index contributed by atoms with van der Waals surface area (Å²) < 4.78 is 13.1. The summed E-state index contributed by atoms with van der Waals surface area (Å²) in [5, 5.41) is 11.5. The van der Waals surface area contributed by atoms with Crippen LogP contribution >= 0.6 is 0 Å². The largest absolute Gasteiger partial charge is 0.319 e. The zero-order valence-corrected chi connectivity index (χ0v) is 8.47. The summed E-state index contributed by atoms with van der Waals surface area (Å²) in [6, 6.07) is 6.14. The molecule has 0 radical (unpaired) electrons. The predicted octanol–water partition coefficient (Wildman–Crippen LogP) is 1.66. The Kier molecular flexibility index (Phi) is 4.34. The molecular formula is C12H11FN2. The second-order valence-electron chi connectivity index (χ2n) is 2.96. The van der Waals surface area contributed by atoms with E-state index in [1.54, 1.807) is 12.1 Å². The molecule has 2 nitrogen and oxygen atoms in total. The smallest absolute Gasteiger partial charge is 0.142 e. The number of nitriles is 1. The molecule has 0 saturated heterocycles. The van der Waals surface area contributed by atoms with E-state index < -0.39 is 5.82 Å². The van der Waals surface area contributed by atoms with E-state index in [1.807, 2.05) is 7.05 Å². The van der Waals surface area contributed by atoms with Crippen molar-refractivity contribution >= 4 is 0 Å². The summed E-state index contributed by atoms with van der Waals surface area (Å²) in [6.45, 7) is 0.811. The molecule has 1 rings (SSSR count). The molecule has 0 aliphatic rings. The van der Waals surface area contributed by atoms with Crippen molar-refractivity contribution in [2.75, 3.05) is 13.6 Å². The van der Waals surface area contributed by atoms with Gasteiger partial charge in [0.1, 0.15) is 11.9 Å². The van der Waals surface area contributed by atoms with Crippen molar-refractivity contribution in [3.05, 3.63) is 35.1 Å². The highest BCUT2D eigenvalue weighted by atomic mass is 19.1. The van der Waals surface area contributed by atoms with Crippen LogP contribution in [0.1, 0.15) is 17.5 Å². The highest BCUT2D eigenvalue weighted by Gasteiger charge is 1.99. The van der Waals surface area contributed by atoms with Crippen molar-refractivity contribution in [3.63, 3.8) is 0 Å². The molecule has 0 aliphatic carbocycles. The highest BCUT2D eigenvalue weighted by Crippen LogP contribution is 2.08. The summed E-state index contributed by atoms with van der Waals surface area (Å²) in [7, 11) is 1.85. The molecule has 0 spiro atoms.